The molecule has 0 atom stereocenters. The number of aromatic nitrogens is 1. The van der Waals surface area contributed by atoms with E-state index in [4.69, 9.17) is 4.74 Å². The summed E-state index contributed by atoms with van der Waals surface area (Å²) < 4.78 is 5.17. The van der Waals surface area contributed by atoms with Gasteiger partial charge >= 0.3 is 0 Å². The van der Waals surface area contributed by atoms with Crippen LogP contribution in [0.2, 0.25) is 0 Å². The molecule has 4 nitrogen and oxygen atoms in total. The van der Waals surface area contributed by atoms with Crippen LogP contribution in [0, 0.1) is 0 Å². The molecular weight excluding hydrogens is 326 g/mol. The van der Waals surface area contributed by atoms with Crippen molar-refractivity contribution < 1.29 is 9.84 Å². The van der Waals surface area contributed by atoms with Crippen molar-refractivity contribution in [2.24, 2.45) is 0 Å². The lowest BCUT2D eigenvalue weighted by molar-refractivity contribution is 0.409. The van der Waals surface area contributed by atoms with Crippen molar-refractivity contribution in [2.45, 2.75) is 0 Å². The third kappa shape index (κ3) is 2.82. The van der Waals surface area contributed by atoms with E-state index in [-0.39, 0.29) is 16.6 Å². The van der Waals surface area contributed by atoms with Crippen LogP contribution in [0.5, 0.6) is 11.5 Å². The molecular formula is C22H17NO3. The molecule has 0 saturated carbocycles. The molecule has 2 N–H and O–H groups in total. The summed E-state index contributed by atoms with van der Waals surface area (Å²) in [5.74, 6) is 0.397. The van der Waals surface area contributed by atoms with Crippen LogP contribution in [0.15, 0.2) is 77.6 Å². The second-order valence-corrected chi connectivity index (χ2v) is 6.06. The zero-order valence-corrected chi connectivity index (χ0v) is 14.2. The average molecular weight is 343 g/mol. The fraction of sp³-hybridized carbons (Fsp3) is 0.0455. The molecule has 0 aliphatic rings. The fourth-order valence-electron chi connectivity index (χ4n) is 3.09. The van der Waals surface area contributed by atoms with Gasteiger partial charge in [-0.3, -0.25) is 4.79 Å². The van der Waals surface area contributed by atoms with E-state index in [1.54, 1.807) is 6.07 Å². The molecule has 26 heavy (non-hydrogen) atoms. The zero-order chi connectivity index (χ0) is 18.1. The normalized spacial score (nSPS) is 10.8. The number of phenols is 1. The summed E-state index contributed by atoms with van der Waals surface area (Å²) in [6, 6.07) is 22.8. The lowest BCUT2D eigenvalue weighted by atomic mass is 10.0. The molecule has 0 spiro atoms. The first-order chi connectivity index (χ1) is 12.7. The molecule has 3 aromatic carbocycles. The number of hydrogen-bond donors (Lipinski definition) is 2. The first-order valence-corrected chi connectivity index (χ1v) is 8.25. The Morgan fingerprint density at radius 3 is 2.19 bits per heavy atom. The summed E-state index contributed by atoms with van der Waals surface area (Å²) in [6.07, 6.45) is 0. The maximum atomic E-state index is 12.5. The standard InChI is InChI=1S/C22H17NO3/c1-26-17-11-19-22(20(24)12-17)21(25)13-18(23-19)16-9-7-15(8-10-16)14-5-3-2-4-6-14/h2-13,24H,1H3,(H,23,25). The number of nitrogens with one attached hydrogen (secondary N) is 1. The number of phenolic OH excluding ortho intramolecular Hbond substituents is 1. The second-order valence-electron chi connectivity index (χ2n) is 6.06. The molecule has 0 bridgehead atoms. The number of pyridine rings is 1. The first-order valence-electron chi connectivity index (χ1n) is 8.25. The maximum Gasteiger partial charge on any atom is 0.193 e. The van der Waals surface area contributed by atoms with E-state index in [0.29, 0.717) is 17.0 Å². The summed E-state index contributed by atoms with van der Waals surface area (Å²) in [4.78, 5) is 15.7. The number of fused-ring (bicyclic) bond motifs is 1. The molecule has 0 saturated heterocycles. The Morgan fingerprint density at radius 2 is 1.50 bits per heavy atom. The van der Waals surface area contributed by atoms with Gasteiger partial charge in [-0.1, -0.05) is 54.6 Å². The van der Waals surface area contributed by atoms with Gasteiger partial charge in [0.1, 0.15) is 11.5 Å². The Bertz CT molecular complexity index is 1130. The van der Waals surface area contributed by atoms with E-state index >= 15 is 0 Å². The Kier molecular flexibility index (Phi) is 3.93. The molecule has 0 unspecified atom stereocenters. The van der Waals surface area contributed by atoms with Gasteiger partial charge in [-0.25, -0.2) is 0 Å². The third-order valence-electron chi connectivity index (χ3n) is 4.42. The number of ether oxygens (including phenoxy) is 1. The molecule has 4 aromatic rings. The predicted octanol–water partition coefficient (Wildman–Crippen LogP) is 4.58. The fourth-order valence-corrected chi connectivity index (χ4v) is 3.09. The van der Waals surface area contributed by atoms with E-state index in [1.807, 2.05) is 42.5 Å². The van der Waals surface area contributed by atoms with Crippen molar-refractivity contribution in [3.05, 3.63) is 83.0 Å². The molecule has 0 radical (unpaired) electrons. The lowest BCUT2D eigenvalue weighted by Gasteiger charge is -2.09. The van der Waals surface area contributed by atoms with Crippen molar-refractivity contribution in [1.29, 1.82) is 0 Å². The minimum Gasteiger partial charge on any atom is -0.507 e. The van der Waals surface area contributed by atoms with Gasteiger partial charge in [0.05, 0.1) is 18.0 Å². The van der Waals surface area contributed by atoms with Crippen LogP contribution >= 0.6 is 0 Å². The largest absolute Gasteiger partial charge is 0.507 e. The highest BCUT2D eigenvalue weighted by Gasteiger charge is 2.10. The number of aromatic hydroxyl groups is 1. The van der Waals surface area contributed by atoms with Crippen LogP contribution in [-0.2, 0) is 0 Å². The van der Waals surface area contributed by atoms with Crippen molar-refractivity contribution in [2.75, 3.05) is 7.11 Å². The van der Waals surface area contributed by atoms with Gasteiger partial charge in [0.2, 0.25) is 0 Å². The first kappa shape index (κ1) is 16.0. The van der Waals surface area contributed by atoms with Gasteiger partial charge < -0.3 is 14.8 Å². The number of benzene rings is 3. The topological polar surface area (TPSA) is 62.3 Å². The Hall–Kier alpha value is -3.53. The van der Waals surface area contributed by atoms with Crippen molar-refractivity contribution >= 4 is 10.9 Å². The SMILES string of the molecule is COc1cc(O)c2c(=O)cc(-c3ccc(-c4ccccc4)cc3)[nH]c2c1. The molecule has 4 rings (SSSR count). The van der Waals surface area contributed by atoms with E-state index in [9.17, 15) is 9.90 Å². The summed E-state index contributed by atoms with van der Waals surface area (Å²) >= 11 is 0. The number of hydrogen-bond acceptors (Lipinski definition) is 3. The van der Waals surface area contributed by atoms with Crippen LogP contribution in [0.25, 0.3) is 33.3 Å². The van der Waals surface area contributed by atoms with Crippen LogP contribution in [0.1, 0.15) is 0 Å². The number of rotatable bonds is 3. The predicted molar refractivity (Wildman–Crippen MR) is 104 cm³/mol. The van der Waals surface area contributed by atoms with E-state index < -0.39 is 0 Å². The molecule has 1 aromatic heterocycles. The zero-order valence-electron chi connectivity index (χ0n) is 14.2. The molecule has 4 heteroatoms. The summed E-state index contributed by atoms with van der Waals surface area (Å²) in [5, 5.41) is 10.3. The molecule has 0 aliphatic heterocycles. The lowest BCUT2D eigenvalue weighted by Crippen LogP contribution is -2.03. The second kappa shape index (κ2) is 6.41. The molecule has 128 valence electrons. The van der Waals surface area contributed by atoms with Crippen LogP contribution < -0.4 is 10.2 Å². The molecule has 0 aliphatic carbocycles. The van der Waals surface area contributed by atoms with Crippen molar-refractivity contribution in [3.63, 3.8) is 0 Å². The van der Waals surface area contributed by atoms with Crippen molar-refractivity contribution in [3.8, 4) is 33.9 Å². The highest BCUT2D eigenvalue weighted by molar-refractivity contribution is 5.88. The van der Waals surface area contributed by atoms with Crippen LogP contribution in [-0.4, -0.2) is 17.2 Å². The Balaban J connectivity index is 1.80. The quantitative estimate of drug-likeness (QED) is 0.572. The number of H-pyrrole nitrogens is 1. The molecule has 0 fully saturated rings. The smallest absolute Gasteiger partial charge is 0.193 e. The van der Waals surface area contributed by atoms with E-state index in [0.717, 1.165) is 16.7 Å². The van der Waals surface area contributed by atoms with Crippen LogP contribution in [0.3, 0.4) is 0 Å². The van der Waals surface area contributed by atoms with Gasteiger partial charge in [0.15, 0.2) is 5.43 Å². The highest BCUT2D eigenvalue weighted by Crippen LogP contribution is 2.29. The van der Waals surface area contributed by atoms with Gasteiger partial charge in [0.25, 0.3) is 0 Å². The van der Waals surface area contributed by atoms with E-state index in [2.05, 4.69) is 17.1 Å². The van der Waals surface area contributed by atoms with Gasteiger partial charge in [0, 0.05) is 23.9 Å². The Labute approximate surface area is 150 Å². The Morgan fingerprint density at radius 1 is 0.846 bits per heavy atom. The third-order valence-corrected chi connectivity index (χ3v) is 4.42. The van der Waals surface area contributed by atoms with Gasteiger partial charge in [-0.15, -0.1) is 0 Å². The monoisotopic (exact) mass is 343 g/mol. The summed E-state index contributed by atoms with van der Waals surface area (Å²) in [5.41, 5.74) is 4.13. The minimum atomic E-state index is -0.235. The van der Waals surface area contributed by atoms with Crippen molar-refractivity contribution in [1.82, 2.24) is 4.98 Å². The molecule has 1 heterocycles. The van der Waals surface area contributed by atoms with Crippen LogP contribution in [0.4, 0.5) is 0 Å². The van der Waals surface area contributed by atoms with Gasteiger partial charge in [-0.2, -0.15) is 0 Å². The minimum absolute atomic E-state index is 0.0911. The van der Waals surface area contributed by atoms with Gasteiger partial charge in [-0.05, 0) is 16.7 Å². The maximum absolute atomic E-state index is 12.5. The summed E-state index contributed by atoms with van der Waals surface area (Å²) in [6.45, 7) is 0. The highest BCUT2D eigenvalue weighted by atomic mass is 16.5. The number of methoxy groups -OCH3 is 1. The average Bonchev–Trinajstić information content (AvgIpc) is 2.68. The van der Waals surface area contributed by atoms with E-state index in [1.165, 1.54) is 19.2 Å². The molecule has 0 amide bonds. The summed E-state index contributed by atoms with van der Waals surface area (Å²) in [7, 11) is 1.52. The number of aromatic amines is 1.